The Morgan fingerprint density at radius 1 is 1.21 bits per heavy atom. The first kappa shape index (κ1) is 19.2. The van der Waals surface area contributed by atoms with Crippen molar-refractivity contribution in [3.05, 3.63) is 40.5 Å². The fourth-order valence-electron chi connectivity index (χ4n) is 4.35. The number of likely N-dealkylation sites (tertiary alicyclic amines) is 1. The van der Waals surface area contributed by atoms with Crippen molar-refractivity contribution in [2.24, 2.45) is 11.8 Å². The van der Waals surface area contributed by atoms with Crippen LogP contribution in [-0.2, 0) is 6.42 Å². The third kappa shape index (κ3) is 3.49. The van der Waals surface area contributed by atoms with E-state index in [9.17, 15) is 5.11 Å². The number of ether oxygens (including phenoxy) is 1. The molecule has 3 atom stereocenters. The Bertz CT molecular complexity index is 939. The highest BCUT2D eigenvalue weighted by atomic mass is 32.1. The molecule has 4 rings (SSSR count). The summed E-state index contributed by atoms with van der Waals surface area (Å²) < 4.78 is 6.92. The standard InChI is InChI=1S/C21H28N4O2S/c1-5-17-22-21-25(23-17)20(26)19(28-21)18(15-6-8-16(27-4)9-7-15)24-11-13(2)10-14(3)12-24/h6-9,13-14,18,26H,5,10-12H2,1-4H3. The zero-order valence-corrected chi connectivity index (χ0v) is 17.7. The van der Waals surface area contributed by atoms with E-state index in [1.54, 1.807) is 11.6 Å². The van der Waals surface area contributed by atoms with Crippen molar-refractivity contribution >= 4 is 16.3 Å². The Balaban J connectivity index is 1.80. The van der Waals surface area contributed by atoms with Crippen LogP contribution in [0.3, 0.4) is 0 Å². The van der Waals surface area contributed by atoms with E-state index in [0.29, 0.717) is 11.8 Å². The Morgan fingerprint density at radius 3 is 2.46 bits per heavy atom. The van der Waals surface area contributed by atoms with Gasteiger partial charge in [0.1, 0.15) is 5.75 Å². The first-order valence-electron chi connectivity index (χ1n) is 9.95. The third-order valence-corrected chi connectivity index (χ3v) is 6.57. The summed E-state index contributed by atoms with van der Waals surface area (Å²) in [5, 5.41) is 15.5. The molecule has 1 aliphatic heterocycles. The highest BCUT2D eigenvalue weighted by Gasteiger charge is 2.33. The van der Waals surface area contributed by atoms with Gasteiger partial charge in [0.2, 0.25) is 10.8 Å². The van der Waals surface area contributed by atoms with Crippen molar-refractivity contribution in [1.82, 2.24) is 19.5 Å². The van der Waals surface area contributed by atoms with Crippen LogP contribution in [0.25, 0.3) is 4.96 Å². The molecule has 0 saturated carbocycles. The molecule has 0 bridgehead atoms. The summed E-state index contributed by atoms with van der Waals surface area (Å²) in [7, 11) is 1.68. The molecule has 3 unspecified atom stereocenters. The highest BCUT2D eigenvalue weighted by molar-refractivity contribution is 7.17. The smallest absolute Gasteiger partial charge is 0.230 e. The number of hydrogen-bond acceptors (Lipinski definition) is 6. The monoisotopic (exact) mass is 400 g/mol. The first-order valence-corrected chi connectivity index (χ1v) is 10.8. The Morgan fingerprint density at radius 2 is 1.89 bits per heavy atom. The van der Waals surface area contributed by atoms with E-state index < -0.39 is 0 Å². The number of nitrogens with zero attached hydrogens (tertiary/aromatic N) is 4. The minimum Gasteiger partial charge on any atom is -0.497 e. The second-order valence-electron chi connectivity index (χ2n) is 7.94. The maximum atomic E-state index is 11.0. The van der Waals surface area contributed by atoms with E-state index in [4.69, 9.17) is 4.74 Å². The van der Waals surface area contributed by atoms with Crippen LogP contribution in [0.2, 0.25) is 0 Å². The third-order valence-electron chi connectivity index (χ3n) is 5.50. The van der Waals surface area contributed by atoms with Crippen LogP contribution < -0.4 is 4.74 Å². The summed E-state index contributed by atoms with van der Waals surface area (Å²) in [6, 6.07) is 8.15. The van der Waals surface area contributed by atoms with Crippen LogP contribution in [0.4, 0.5) is 0 Å². The number of benzene rings is 1. The van der Waals surface area contributed by atoms with Gasteiger partial charge in [-0.2, -0.15) is 4.52 Å². The van der Waals surface area contributed by atoms with Gasteiger partial charge in [0.25, 0.3) is 0 Å². The van der Waals surface area contributed by atoms with Crippen molar-refractivity contribution in [2.75, 3.05) is 20.2 Å². The Hall–Kier alpha value is -2.12. The van der Waals surface area contributed by atoms with Crippen molar-refractivity contribution in [3.8, 4) is 11.6 Å². The summed E-state index contributed by atoms with van der Waals surface area (Å²) in [6.07, 6.45) is 2.00. The second-order valence-corrected chi connectivity index (χ2v) is 8.95. The van der Waals surface area contributed by atoms with Gasteiger partial charge in [-0.15, -0.1) is 5.10 Å². The van der Waals surface area contributed by atoms with Gasteiger partial charge >= 0.3 is 0 Å². The largest absolute Gasteiger partial charge is 0.497 e. The van der Waals surface area contributed by atoms with Gasteiger partial charge in [-0.25, -0.2) is 4.98 Å². The van der Waals surface area contributed by atoms with E-state index in [2.05, 4.69) is 41.0 Å². The molecule has 150 valence electrons. The minimum absolute atomic E-state index is 0.0188. The minimum atomic E-state index is -0.0188. The normalized spacial score (nSPS) is 21.9. The van der Waals surface area contributed by atoms with Gasteiger partial charge in [-0.3, -0.25) is 4.90 Å². The molecule has 0 aliphatic carbocycles. The molecule has 1 N–H and O–H groups in total. The maximum absolute atomic E-state index is 11.0. The highest BCUT2D eigenvalue weighted by Crippen LogP contribution is 2.42. The molecule has 0 spiro atoms. The van der Waals surface area contributed by atoms with Gasteiger partial charge in [0.05, 0.1) is 18.0 Å². The number of aromatic hydroxyl groups is 1. The zero-order valence-electron chi connectivity index (χ0n) is 16.9. The van der Waals surface area contributed by atoms with Crippen molar-refractivity contribution < 1.29 is 9.84 Å². The van der Waals surface area contributed by atoms with E-state index in [0.717, 1.165) is 46.5 Å². The topological polar surface area (TPSA) is 62.9 Å². The number of thiazole rings is 1. The molecule has 28 heavy (non-hydrogen) atoms. The van der Waals surface area contributed by atoms with Gasteiger partial charge in [-0.1, -0.05) is 44.2 Å². The molecular weight excluding hydrogens is 372 g/mol. The van der Waals surface area contributed by atoms with Crippen LogP contribution in [-0.4, -0.2) is 44.8 Å². The predicted octanol–water partition coefficient (Wildman–Crippen LogP) is 4.13. The van der Waals surface area contributed by atoms with E-state index >= 15 is 0 Å². The summed E-state index contributed by atoms with van der Waals surface area (Å²) in [4.78, 5) is 8.71. The van der Waals surface area contributed by atoms with E-state index in [1.165, 1.54) is 17.8 Å². The molecule has 0 radical (unpaired) electrons. The number of fused-ring (bicyclic) bond motifs is 1. The fourth-order valence-corrected chi connectivity index (χ4v) is 5.49. The molecule has 7 heteroatoms. The average Bonchev–Trinajstić information content (AvgIpc) is 3.21. The lowest BCUT2D eigenvalue weighted by Crippen LogP contribution is -2.41. The summed E-state index contributed by atoms with van der Waals surface area (Å²) in [6.45, 7) is 8.66. The molecule has 1 fully saturated rings. The molecule has 0 amide bonds. The van der Waals surface area contributed by atoms with Crippen molar-refractivity contribution in [1.29, 1.82) is 0 Å². The molecule has 3 heterocycles. The SMILES string of the molecule is CCc1nc2sc(C(c3ccc(OC)cc3)N3CC(C)CC(C)C3)c(O)n2n1. The molecule has 2 aromatic heterocycles. The molecule has 3 aromatic rings. The number of aromatic nitrogens is 3. The van der Waals surface area contributed by atoms with Crippen molar-refractivity contribution in [2.45, 2.75) is 39.7 Å². The average molecular weight is 401 g/mol. The first-order chi connectivity index (χ1) is 13.5. The predicted molar refractivity (Wildman–Crippen MR) is 111 cm³/mol. The summed E-state index contributed by atoms with van der Waals surface area (Å²) in [5.74, 6) is 3.05. The number of methoxy groups -OCH3 is 1. The number of hydrogen-bond donors (Lipinski definition) is 1. The van der Waals surface area contributed by atoms with E-state index in [1.807, 2.05) is 19.1 Å². The molecule has 1 aliphatic rings. The number of rotatable bonds is 5. The lowest BCUT2D eigenvalue weighted by atomic mass is 9.89. The number of aryl methyl sites for hydroxylation is 1. The van der Waals surface area contributed by atoms with E-state index in [-0.39, 0.29) is 11.9 Å². The van der Waals surface area contributed by atoms with Crippen LogP contribution >= 0.6 is 11.3 Å². The van der Waals surface area contributed by atoms with Gasteiger partial charge in [0, 0.05) is 19.5 Å². The summed E-state index contributed by atoms with van der Waals surface area (Å²) in [5.41, 5.74) is 1.15. The van der Waals surface area contributed by atoms with Crippen LogP contribution in [0, 0.1) is 11.8 Å². The second kappa shape index (κ2) is 7.72. The van der Waals surface area contributed by atoms with Gasteiger partial charge in [0.15, 0.2) is 5.82 Å². The molecular formula is C21H28N4O2S. The summed E-state index contributed by atoms with van der Waals surface area (Å²) >= 11 is 1.54. The lowest BCUT2D eigenvalue weighted by Gasteiger charge is -2.40. The van der Waals surface area contributed by atoms with Crippen LogP contribution in [0.1, 0.15) is 49.5 Å². The van der Waals surface area contributed by atoms with Crippen LogP contribution in [0.5, 0.6) is 11.6 Å². The molecule has 1 aromatic carbocycles. The quantitative estimate of drug-likeness (QED) is 0.698. The molecule has 1 saturated heterocycles. The van der Waals surface area contributed by atoms with Crippen LogP contribution in [0.15, 0.2) is 24.3 Å². The molecule has 6 nitrogen and oxygen atoms in total. The number of piperidine rings is 1. The van der Waals surface area contributed by atoms with Gasteiger partial charge < -0.3 is 9.84 Å². The Labute approximate surface area is 169 Å². The van der Waals surface area contributed by atoms with Crippen molar-refractivity contribution in [3.63, 3.8) is 0 Å². The fraction of sp³-hybridized carbons (Fsp3) is 0.524. The Kier molecular flexibility index (Phi) is 5.29. The lowest BCUT2D eigenvalue weighted by molar-refractivity contribution is 0.112. The van der Waals surface area contributed by atoms with Gasteiger partial charge in [-0.05, 0) is 36.0 Å². The maximum Gasteiger partial charge on any atom is 0.230 e. The zero-order chi connectivity index (χ0) is 19.8.